The molecule has 1 aromatic carbocycles. The maximum absolute atomic E-state index is 11.4. The van der Waals surface area contributed by atoms with Gasteiger partial charge >= 0.3 is 5.97 Å². The standard InChI is InChI=1S/C13H14O2S/c1-3-4-13(14)15-11-8-16-12-6-5-9(2)7-10(11)12/h5-8H,3-4H2,1-2H3. The minimum absolute atomic E-state index is 0.149. The Morgan fingerprint density at radius 1 is 1.44 bits per heavy atom. The first-order chi connectivity index (χ1) is 7.70. The monoisotopic (exact) mass is 234 g/mol. The lowest BCUT2D eigenvalue weighted by molar-refractivity contribution is -0.134. The van der Waals surface area contributed by atoms with Gasteiger partial charge in [0, 0.05) is 21.9 Å². The van der Waals surface area contributed by atoms with E-state index in [2.05, 4.69) is 18.2 Å². The van der Waals surface area contributed by atoms with Crippen LogP contribution < -0.4 is 4.74 Å². The quantitative estimate of drug-likeness (QED) is 0.752. The molecule has 0 radical (unpaired) electrons. The molecule has 0 fully saturated rings. The van der Waals surface area contributed by atoms with E-state index in [1.807, 2.05) is 19.2 Å². The zero-order chi connectivity index (χ0) is 11.5. The number of rotatable bonds is 3. The smallest absolute Gasteiger partial charge is 0.311 e. The lowest BCUT2D eigenvalue weighted by atomic mass is 10.2. The van der Waals surface area contributed by atoms with Gasteiger partial charge in [-0.1, -0.05) is 18.6 Å². The molecular formula is C13H14O2S. The van der Waals surface area contributed by atoms with Gasteiger partial charge in [0.05, 0.1) is 0 Å². The first-order valence-electron chi connectivity index (χ1n) is 5.39. The highest BCUT2D eigenvalue weighted by molar-refractivity contribution is 7.17. The second-order valence-electron chi connectivity index (χ2n) is 3.82. The van der Waals surface area contributed by atoms with E-state index in [1.54, 1.807) is 11.3 Å². The van der Waals surface area contributed by atoms with Crippen LogP contribution in [0, 0.1) is 6.92 Å². The number of hydrogen-bond donors (Lipinski definition) is 0. The van der Waals surface area contributed by atoms with E-state index in [1.165, 1.54) is 5.56 Å². The van der Waals surface area contributed by atoms with Gasteiger partial charge in [0.1, 0.15) is 5.75 Å². The molecule has 0 unspecified atom stereocenters. The lowest BCUT2D eigenvalue weighted by Gasteiger charge is -2.01. The van der Waals surface area contributed by atoms with E-state index < -0.39 is 0 Å². The van der Waals surface area contributed by atoms with Crippen molar-refractivity contribution in [3.8, 4) is 5.75 Å². The van der Waals surface area contributed by atoms with Crippen molar-refractivity contribution in [2.24, 2.45) is 0 Å². The van der Waals surface area contributed by atoms with Gasteiger partial charge in [-0.15, -0.1) is 11.3 Å². The van der Waals surface area contributed by atoms with Crippen LogP contribution >= 0.6 is 11.3 Å². The third-order valence-electron chi connectivity index (χ3n) is 2.37. The van der Waals surface area contributed by atoms with Gasteiger partial charge < -0.3 is 4.74 Å². The predicted molar refractivity (Wildman–Crippen MR) is 67.1 cm³/mol. The third-order valence-corrected chi connectivity index (χ3v) is 3.31. The van der Waals surface area contributed by atoms with E-state index in [0.717, 1.165) is 16.5 Å². The molecule has 0 atom stereocenters. The van der Waals surface area contributed by atoms with E-state index in [4.69, 9.17) is 4.74 Å². The Balaban J connectivity index is 2.30. The molecule has 3 heteroatoms. The van der Waals surface area contributed by atoms with Gasteiger partial charge in [-0.05, 0) is 25.5 Å². The van der Waals surface area contributed by atoms with Crippen molar-refractivity contribution in [1.29, 1.82) is 0 Å². The third kappa shape index (κ3) is 2.25. The minimum atomic E-state index is -0.149. The number of fused-ring (bicyclic) bond motifs is 1. The number of benzene rings is 1. The normalized spacial score (nSPS) is 10.6. The van der Waals surface area contributed by atoms with E-state index in [0.29, 0.717) is 12.2 Å². The Kier molecular flexibility index (Phi) is 3.25. The van der Waals surface area contributed by atoms with Crippen LogP contribution in [0.15, 0.2) is 23.6 Å². The number of carbonyl (C=O) groups is 1. The molecule has 0 spiro atoms. The molecule has 84 valence electrons. The van der Waals surface area contributed by atoms with Gasteiger partial charge in [0.15, 0.2) is 0 Å². The fourth-order valence-corrected chi connectivity index (χ4v) is 2.42. The van der Waals surface area contributed by atoms with Gasteiger partial charge in [-0.25, -0.2) is 0 Å². The zero-order valence-corrected chi connectivity index (χ0v) is 10.3. The van der Waals surface area contributed by atoms with Crippen molar-refractivity contribution in [1.82, 2.24) is 0 Å². The highest BCUT2D eigenvalue weighted by Gasteiger charge is 2.09. The number of thiophene rings is 1. The molecule has 0 N–H and O–H groups in total. The zero-order valence-electron chi connectivity index (χ0n) is 9.45. The average molecular weight is 234 g/mol. The number of ether oxygens (including phenoxy) is 1. The van der Waals surface area contributed by atoms with Crippen molar-refractivity contribution in [3.05, 3.63) is 29.1 Å². The Bertz CT molecular complexity index is 514. The maximum Gasteiger partial charge on any atom is 0.311 e. The van der Waals surface area contributed by atoms with E-state index in [-0.39, 0.29) is 5.97 Å². The van der Waals surface area contributed by atoms with Crippen LogP contribution in [0.4, 0.5) is 0 Å². The Morgan fingerprint density at radius 2 is 2.25 bits per heavy atom. The fraction of sp³-hybridized carbons (Fsp3) is 0.308. The largest absolute Gasteiger partial charge is 0.425 e. The van der Waals surface area contributed by atoms with Crippen LogP contribution in [0.25, 0.3) is 10.1 Å². The summed E-state index contributed by atoms with van der Waals surface area (Å²) in [5.41, 5.74) is 1.18. The fourth-order valence-electron chi connectivity index (χ4n) is 1.58. The molecule has 0 bridgehead atoms. The van der Waals surface area contributed by atoms with Gasteiger partial charge in [0.2, 0.25) is 0 Å². The van der Waals surface area contributed by atoms with Gasteiger partial charge in [-0.2, -0.15) is 0 Å². The SMILES string of the molecule is CCCC(=O)Oc1csc2ccc(C)cc12. The van der Waals surface area contributed by atoms with Crippen molar-refractivity contribution in [2.75, 3.05) is 0 Å². The van der Waals surface area contributed by atoms with Crippen LogP contribution in [0.2, 0.25) is 0 Å². The second kappa shape index (κ2) is 4.66. The number of aryl methyl sites for hydroxylation is 1. The Morgan fingerprint density at radius 3 is 3.00 bits per heavy atom. The first-order valence-corrected chi connectivity index (χ1v) is 6.27. The number of hydrogen-bond acceptors (Lipinski definition) is 3. The summed E-state index contributed by atoms with van der Waals surface area (Å²) in [6.45, 7) is 4.01. The lowest BCUT2D eigenvalue weighted by Crippen LogP contribution is -2.06. The summed E-state index contributed by atoms with van der Waals surface area (Å²) in [7, 11) is 0. The molecule has 0 saturated carbocycles. The first kappa shape index (κ1) is 11.1. The summed E-state index contributed by atoms with van der Waals surface area (Å²) in [6, 6.07) is 6.18. The molecule has 2 aromatic rings. The molecule has 0 amide bonds. The van der Waals surface area contributed by atoms with Crippen LogP contribution in [0.3, 0.4) is 0 Å². The van der Waals surface area contributed by atoms with Crippen molar-refractivity contribution in [3.63, 3.8) is 0 Å². The molecule has 2 rings (SSSR count). The predicted octanol–water partition coefficient (Wildman–Crippen LogP) is 3.92. The van der Waals surface area contributed by atoms with Crippen LogP contribution in [0.5, 0.6) is 5.75 Å². The van der Waals surface area contributed by atoms with Crippen molar-refractivity contribution in [2.45, 2.75) is 26.7 Å². The average Bonchev–Trinajstić information content (AvgIpc) is 2.61. The summed E-state index contributed by atoms with van der Waals surface area (Å²) in [6.07, 6.45) is 1.29. The van der Waals surface area contributed by atoms with Gasteiger partial charge in [-0.3, -0.25) is 4.79 Å². The molecule has 1 heterocycles. The number of carbonyl (C=O) groups excluding carboxylic acids is 1. The molecule has 2 nitrogen and oxygen atoms in total. The molecular weight excluding hydrogens is 220 g/mol. The topological polar surface area (TPSA) is 26.3 Å². The summed E-state index contributed by atoms with van der Waals surface area (Å²) in [4.78, 5) is 11.4. The Labute approximate surface area is 98.9 Å². The van der Waals surface area contributed by atoms with Crippen molar-refractivity contribution < 1.29 is 9.53 Å². The van der Waals surface area contributed by atoms with Crippen molar-refractivity contribution >= 4 is 27.4 Å². The van der Waals surface area contributed by atoms with E-state index in [9.17, 15) is 4.79 Å². The highest BCUT2D eigenvalue weighted by Crippen LogP contribution is 2.33. The van der Waals surface area contributed by atoms with Crippen LogP contribution in [-0.2, 0) is 4.79 Å². The van der Waals surface area contributed by atoms with Crippen LogP contribution in [0.1, 0.15) is 25.3 Å². The van der Waals surface area contributed by atoms with E-state index >= 15 is 0 Å². The number of esters is 1. The summed E-state index contributed by atoms with van der Waals surface area (Å²) >= 11 is 1.61. The summed E-state index contributed by atoms with van der Waals surface area (Å²) in [5, 5.41) is 2.94. The van der Waals surface area contributed by atoms with Gasteiger partial charge in [0.25, 0.3) is 0 Å². The molecule has 1 aromatic heterocycles. The highest BCUT2D eigenvalue weighted by atomic mass is 32.1. The molecule has 0 aliphatic rings. The Hall–Kier alpha value is -1.35. The summed E-state index contributed by atoms with van der Waals surface area (Å²) < 4.78 is 6.49. The molecule has 0 aliphatic carbocycles. The molecule has 0 saturated heterocycles. The molecule has 16 heavy (non-hydrogen) atoms. The second-order valence-corrected chi connectivity index (χ2v) is 4.73. The minimum Gasteiger partial charge on any atom is -0.425 e. The maximum atomic E-state index is 11.4. The molecule has 0 aliphatic heterocycles. The summed E-state index contributed by atoms with van der Waals surface area (Å²) in [5.74, 6) is 0.547. The van der Waals surface area contributed by atoms with Crippen LogP contribution in [-0.4, -0.2) is 5.97 Å².